The predicted molar refractivity (Wildman–Crippen MR) is 121 cm³/mol. The van der Waals surface area contributed by atoms with E-state index in [9.17, 15) is 0 Å². The highest BCUT2D eigenvalue weighted by molar-refractivity contribution is 5.81. The summed E-state index contributed by atoms with van der Waals surface area (Å²) in [7, 11) is 0. The Morgan fingerprint density at radius 3 is 2.00 bits per heavy atom. The highest BCUT2D eigenvalue weighted by atomic mass is 16.3. The van der Waals surface area contributed by atoms with Crippen molar-refractivity contribution in [3.05, 3.63) is 70.5 Å². The first-order valence-electron chi connectivity index (χ1n) is 11.0. The smallest absolute Gasteiger partial charge is 0.134 e. The summed E-state index contributed by atoms with van der Waals surface area (Å²) in [6.07, 6.45) is 10.3. The SMILES string of the molecule is CCCCc1cc(C(C)(C)C)cc(CCCC)c1Cc1coc2ccccc12. The van der Waals surface area contributed by atoms with E-state index in [1.165, 1.54) is 55.0 Å². The third-order valence-electron chi connectivity index (χ3n) is 5.83. The zero-order chi connectivity index (χ0) is 20.1. The van der Waals surface area contributed by atoms with Crippen molar-refractivity contribution >= 4 is 11.0 Å². The van der Waals surface area contributed by atoms with Crippen molar-refractivity contribution in [2.24, 2.45) is 0 Å². The number of hydrogen-bond donors (Lipinski definition) is 0. The van der Waals surface area contributed by atoms with Gasteiger partial charge < -0.3 is 4.42 Å². The Balaban J connectivity index is 2.09. The molecule has 0 aliphatic carbocycles. The number of aryl methyl sites for hydroxylation is 2. The average Bonchev–Trinajstić information content (AvgIpc) is 3.08. The number of unbranched alkanes of at least 4 members (excludes halogenated alkanes) is 2. The number of rotatable bonds is 8. The van der Waals surface area contributed by atoms with E-state index in [0.717, 1.165) is 12.0 Å². The quantitative estimate of drug-likeness (QED) is 0.388. The fourth-order valence-electron chi connectivity index (χ4n) is 4.00. The van der Waals surface area contributed by atoms with Gasteiger partial charge in [-0.15, -0.1) is 0 Å². The molecule has 0 fully saturated rings. The topological polar surface area (TPSA) is 13.1 Å². The first kappa shape index (κ1) is 20.7. The number of hydrogen-bond acceptors (Lipinski definition) is 1. The van der Waals surface area contributed by atoms with E-state index in [4.69, 9.17) is 4.42 Å². The zero-order valence-corrected chi connectivity index (χ0v) is 18.4. The summed E-state index contributed by atoms with van der Waals surface area (Å²) in [5.41, 5.74) is 8.61. The van der Waals surface area contributed by atoms with Crippen LogP contribution in [0.1, 0.15) is 88.1 Å². The van der Waals surface area contributed by atoms with Gasteiger partial charge in [0.15, 0.2) is 0 Å². The van der Waals surface area contributed by atoms with Crippen LogP contribution in [0.2, 0.25) is 0 Å². The van der Waals surface area contributed by atoms with Crippen LogP contribution in [0.25, 0.3) is 11.0 Å². The summed E-state index contributed by atoms with van der Waals surface area (Å²) in [6, 6.07) is 13.4. The maximum absolute atomic E-state index is 5.84. The van der Waals surface area contributed by atoms with Gasteiger partial charge in [-0.25, -0.2) is 0 Å². The highest BCUT2D eigenvalue weighted by Gasteiger charge is 2.20. The number of benzene rings is 2. The number of para-hydroxylation sites is 1. The van der Waals surface area contributed by atoms with Gasteiger partial charge in [0.25, 0.3) is 0 Å². The lowest BCUT2D eigenvalue weighted by Gasteiger charge is -2.24. The maximum Gasteiger partial charge on any atom is 0.134 e. The van der Waals surface area contributed by atoms with Crippen molar-refractivity contribution in [3.8, 4) is 0 Å². The van der Waals surface area contributed by atoms with Gasteiger partial charge in [-0.1, -0.05) is 77.8 Å². The van der Waals surface area contributed by atoms with E-state index in [1.807, 2.05) is 12.3 Å². The van der Waals surface area contributed by atoms with E-state index < -0.39 is 0 Å². The molecule has 1 aromatic heterocycles. The summed E-state index contributed by atoms with van der Waals surface area (Å²) in [5.74, 6) is 0. The number of furan rings is 1. The van der Waals surface area contributed by atoms with Gasteiger partial charge in [0.2, 0.25) is 0 Å². The fraction of sp³-hybridized carbons (Fsp3) is 0.481. The maximum atomic E-state index is 5.84. The number of fused-ring (bicyclic) bond motifs is 1. The third kappa shape index (κ3) is 4.69. The van der Waals surface area contributed by atoms with Gasteiger partial charge in [-0.2, -0.15) is 0 Å². The van der Waals surface area contributed by atoms with Crippen LogP contribution in [-0.4, -0.2) is 0 Å². The molecule has 28 heavy (non-hydrogen) atoms. The molecule has 1 heteroatoms. The van der Waals surface area contributed by atoms with Crippen molar-refractivity contribution in [2.45, 2.75) is 85.0 Å². The normalized spacial score (nSPS) is 12.0. The monoisotopic (exact) mass is 376 g/mol. The van der Waals surface area contributed by atoms with Crippen LogP contribution < -0.4 is 0 Å². The van der Waals surface area contributed by atoms with Crippen LogP contribution >= 0.6 is 0 Å². The average molecular weight is 377 g/mol. The van der Waals surface area contributed by atoms with Gasteiger partial charge in [0.1, 0.15) is 5.58 Å². The van der Waals surface area contributed by atoms with Gasteiger partial charge in [0.05, 0.1) is 6.26 Å². The van der Waals surface area contributed by atoms with E-state index in [-0.39, 0.29) is 5.41 Å². The Labute approximate surface area is 171 Å². The fourth-order valence-corrected chi connectivity index (χ4v) is 4.00. The summed E-state index contributed by atoms with van der Waals surface area (Å²) < 4.78 is 5.84. The largest absolute Gasteiger partial charge is 0.464 e. The van der Waals surface area contributed by atoms with Crippen LogP contribution in [0.3, 0.4) is 0 Å². The second-order valence-electron chi connectivity index (χ2n) is 9.16. The van der Waals surface area contributed by atoms with Gasteiger partial charge in [0, 0.05) is 17.4 Å². The molecule has 0 saturated carbocycles. The third-order valence-corrected chi connectivity index (χ3v) is 5.83. The first-order chi connectivity index (χ1) is 13.4. The Morgan fingerprint density at radius 1 is 0.821 bits per heavy atom. The molecule has 0 spiro atoms. The molecule has 0 radical (unpaired) electrons. The molecule has 3 rings (SSSR count). The van der Waals surface area contributed by atoms with E-state index in [0.29, 0.717) is 0 Å². The summed E-state index contributed by atoms with van der Waals surface area (Å²) in [4.78, 5) is 0. The zero-order valence-electron chi connectivity index (χ0n) is 18.4. The van der Waals surface area contributed by atoms with E-state index >= 15 is 0 Å². The van der Waals surface area contributed by atoms with Gasteiger partial charge in [-0.3, -0.25) is 0 Å². The Bertz CT molecular complexity index is 878. The van der Waals surface area contributed by atoms with E-state index in [1.54, 1.807) is 16.7 Å². The first-order valence-corrected chi connectivity index (χ1v) is 11.0. The summed E-state index contributed by atoms with van der Waals surface area (Å²) in [6.45, 7) is 11.6. The standard InChI is InChI=1S/C27H36O/c1-6-8-12-20-16-23(27(3,4)5)17-21(13-9-7-2)25(20)18-22-19-28-26-15-11-10-14-24(22)26/h10-11,14-17,19H,6-9,12-13,18H2,1-5H3. The molecule has 0 bridgehead atoms. The molecule has 0 atom stereocenters. The molecule has 0 saturated heterocycles. The van der Waals surface area contributed by atoms with Crippen LogP contribution in [0.4, 0.5) is 0 Å². The summed E-state index contributed by atoms with van der Waals surface area (Å²) >= 11 is 0. The van der Waals surface area contributed by atoms with Crippen LogP contribution in [0, 0.1) is 0 Å². The lowest BCUT2D eigenvalue weighted by Crippen LogP contribution is -2.14. The molecule has 1 heterocycles. The van der Waals surface area contributed by atoms with Gasteiger partial charge >= 0.3 is 0 Å². The molecule has 150 valence electrons. The van der Waals surface area contributed by atoms with Crippen molar-refractivity contribution in [2.75, 3.05) is 0 Å². The van der Waals surface area contributed by atoms with Crippen LogP contribution in [-0.2, 0) is 24.7 Å². The predicted octanol–water partition coefficient (Wildman–Crippen LogP) is 8.01. The Kier molecular flexibility index (Phi) is 6.65. The molecule has 0 amide bonds. The second kappa shape index (κ2) is 8.99. The van der Waals surface area contributed by atoms with Crippen LogP contribution in [0.5, 0.6) is 0 Å². The molecule has 0 aliphatic heterocycles. The van der Waals surface area contributed by atoms with Crippen molar-refractivity contribution in [1.29, 1.82) is 0 Å². The van der Waals surface area contributed by atoms with Crippen molar-refractivity contribution in [3.63, 3.8) is 0 Å². The minimum absolute atomic E-state index is 0.183. The second-order valence-corrected chi connectivity index (χ2v) is 9.16. The molecule has 2 aromatic carbocycles. The molecule has 1 nitrogen and oxygen atoms in total. The lowest BCUT2D eigenvalue weighted by atomic mass is 9.80. The summed E-state index contributed by atoms with van der Waals surface area (Å²) in [5, 5.41) is 1.25. The molecular weight excluding hydrogens is 340 g/mol. The molecule has 3 aromatic rings. The van der Waals surface area contributed by atoms with Crippen molar-refractivity contribution in [1.82, 2.24) is 0 Å². The molecule has 0 unspecified atom stereocenters. The molecule has 0 aliphatic rings. The Morgan fingerprint density at radius 2 is 1.43 bits per heavy atom. The lowest BCUT2D eigenvalue weighted by molar-refractivity contribution is 0.586. The highest BCUT2D eigenvalue weighted by Crippen LogP contribution is 2.32. The van der Waals surface area contributed by atoms with Crippen LogP contribution in [0.15, 0.2) is 47.1 Å². The van der Waals surface area contributed by atoms with E-state index in [2.05, 4.69) is 65.0 Å². The minimum Gasteiger partial charge on any atom is -0.464 e. The molecule has 0 N–H and O–H groups in total. The Hall–Kier alpha value is -2.02. The van der Waals surface area contributed by atoms with Gasteiger partial charge in [-0.05, 0) is 59.4 Å². The minimum atomic E-state index is 0.183. The molecular formula is C27H36O. The van der Waals surface area contributed by atoms with Crippen molar-refractivity contribution < 1.29 is 4.42 Å².